The number of carbonyl (C=O) groups is 3. The van der Waals surface area contributed by atoms with Crippen LogP contribution in [-0.2, 0) is 9.59 Å². The number of hydrogen-bond donors (Lipinski definition) is 1. The molecule has 0 saturated heterocycles. The van der Waals surface area contributed by atoms with Gasteiger partial charge in [-0.2, -0.15) is 0 Å². The van der Waals surface area contributed by atoms with Crippen LogP contribution in [0.4, 0.5) is 4.39 Å². The van der Waals surface area contributed by atoms with E-state index < -0.39 is 17.2 Å². The van der Waals surface area contributed by atoms with E-state index in [1.165, 1.54) is 54.9 Å². The maximum absolute atomic E-state index is 13.8. The van der Waals surface area contributed by atoms with E-state index in [1.54, 1.807) is 24.3 Å². The Morgan fingerprint density at radius 3 is 2.57 bits per heavy atom. The molecule has 0 aliphatic carbocycles. The summed E-state index contributed by atoms with van der Waals surface area (Å²) in [7, 11) is 0. The number of hydrogen-bond acceptors (Lipinski definition) is 6. The van der Waals surface area contributed by atoms with Crippen molar-refractivity contribution in [2.24, 2.45) is 5.10 Å². The van der Waals surface area contributed by atoms with Gasteiger partial charge in [0.25, 0.3) is 0 Å². The van der Waals surface area contributed by atoms with E-state index in [9.17, 15) is 18.8 Å². The Labute approximate surface area is 164 Å². The average molecular weight is 401 g/mol. The first-order chi connectivity index (χ1) is 13.3. The summed E-state index contributed by atoms with van der Waals surface area (Å²) in [6, 6.07) is 12.0. The van der Waals surface area contributed by atoms with Crippen LogP contribution in [-0.4, -0.2) is 28.0 Å². The number of amides is 2. The molecule has 1 heterocycles. The van der Waals surface area contributed by atoms with Gasteiger partial charge >= 0.3 is 5.97 Å². The lowest BCUT2D eigenvalue weighted by atomic mass is 10.2. The van der Waals surface area contributed by atoms with Gasteiger partial charge in [0.15, 0.2) is 5.17 Å². The molecule has 0 fully saturated rings. The molecule has 2 aromatic rings. The number of rotatable bonds is 3. The van der Waals surface area contributed by atoms with E-state index in [-0.39, 0.29) is 23.1 Å². The Bertz CT molecular complexity index is 979. The van der Waals surface area contributed by atoms with E-state index >= 15 is 0 Å². The molecule has 3 rings (SSSR count). The summed E-state index contributed by atoms with van der Waals surface area (Å²) >= 11 is 1.18. The van der Waals surface area contributed by atoms with Crippen molar-refractivity contribution >= 4 is 34.7 Å². The molecule has 1 atom stereocenters. The zero-order valence-corrected chi connectivity index (χ0v) is 15.8. The van der Waals surface area contributed by atoms with Crippen molar-refractivity contribution in [3.8, 4) is 5.75 Å². The number of ether oxygens (including phenoxy) is 1. The van der Waals surface area contributed by atoms with Crippen LogP contribution in [0.2, 0.25) is 0 Å². The number of nitrogens with zero attached hydrogens (tertiary/aromatic N) is 2. The lowest BCUT2D eigenvalue weighted by Crippen LogP contribution is -2.25. The van der Waals surface area contributed by atoms with E-state index in [4.69, 9.17) is 4.74 Å². The number of benzene rings is 2. The van der Waals surface area contributed by atoms with E-state index in [0.717, 1.165) is 0 Å². The van der Waals surface area contributed by atoms with Gasteiger partial charge in [0.05, 0.1) is 5.56 Å². The van der Waals surface area contributed by atoms with Gasteiger partial charge in [0, 0.05) is 13.8 Å². The molecule has 0 saturated carbocycles. The van der Waals surface area contributed by atoms with Crippen molar-refractivity contribution in [1.82, 2.24) is 10.3 Å². The van der Waals surface area contributed by atoms with Crippen LogP contribution in [0.25, 0.3) is 0 Å². The standard InChI is InChI=1S/C19H16FN3O4S/c1-11(24)21-19-22-23(12(2)25)17(28-19)13-6-5-7-14(10-13)27-18(26)15-8-3-4-9-16(15)20/h3-10,17H,1-2H3,(H,21,22,24)/t17-/m0/s1. The summed E-state index contributed by atoms with van der Waals surface area (Å²) in [5, 5.41) is 7.65. The Balaban J connectivity index is 1.81. The SMILES string of the molecule is CC(=O)NC1=NN(C(C)=O)[C@H](c2cccc(OC(=O)c3ccccc3F)c2)S1. The molecule has 0 unspecified atom stereocenters. The Morgan fingerprint density at radius 1 is 1.14 bits per heavy atom. The van der Waals surface area contributed by atoms with Crippen molar-refractivity contribution in [3.05, 3.63) is 65.5 Å². The highest BCUT2D eigenvalue weighted by Gasteiger charge is 2.32. The number of halogens is 1. The molecule has 2 amide bonds. The third-order valence-corrected chi connectivity index (χ3v) is 4.80. The lowest BCUT2D eigenvalue weighted by molar-refractivity contribution is -0.129. The monoisotopic (exact) mass is 401 g/mol. The van der Waals surface area contributed by atoms with Crippen molar-refractivity contribution in [3.63, 3.8) is 0 Å². The summed E-state index contributed by atoms with van der Waals surface area (Å²) < 4.78 is 19.0. The zero-order chi connectivity index (χ0) is 20.3. The molecule has 7 nitrogen and oxygen atoms in total. The highest BCUT2D eigenvalue weighted by Crippen LogP contribution is 2.39. The second kappa shape index (κ2) is 8.22. The summed E-state index contributed by atoms with van der Waals surface area (Å²) in [5.74, 6) is -1.92. The van der Waals surface area contributed by atoms with Crippen LogP contribution < -0.4 is 10.1 Å². The van der Waals surface area contributed by atoms with Crippen LogP contribution in [0.5, 0.6) is 5.75 Å². The predicted octanol–water partition coefficient (Wildman–Crippen LogP) is 3.05. The second-order valence-corrected chi connectivity index (χ2v) is 6.93. The molecular formula is C19H16FN3O4S. The molecule has 1 N–H and O–H groups in total. The molecule has 1 aliphatic heterocycles. The second-order valence-electron chi connectivity index (χ2n) is 5.86. The van der Waals surface area contributed by atoms with E-state index in [2.05, 4.69) is 10.4 Å². The molecule has 0 bridgehead atoms. The highest BCUT2D eigenvalue weighted by molar-refractivity contribution is 8.14. The van der Waals surface area contributed by atoms with Gasteiger partial charge < -0.3 is 10.1 Å². The van der Waals surface area contributed by atoms with Crippen LogP contribution in [0.15, 0.2) is 53.6 Å². The van der Waals surface area contributed by atoms with Gasteiger partial charge in [-0.15, -0.1) is 5.10 Å². The van der Waals surface area contributed by atoms with Crippen LogP contribution in [0.1, 0.15) is 35.1 Å². The molecule has 0 radical (unpaired) electrons. The van der Waals surface area contributed by atoms with Crippen LogP contribution in [0, 0.1) is 5.82 Å². The summed E-state index contributed by atoms with van der Waals surface area (Å²) in [5.41, 5.74) is 0.452. The number of hydrazone groups is 1. The summed E-state index contributed by atoms with van der Waals surface area (Å²) in [6.07, 6.45) is 0. The molecule has 28 heavy (non-hydrogen) atoms. The van der Waals surface area contributed by atoms with Gasteiger partial charge in [-0.1, -0.05) is 36.0 Å². The molecule has 0 spiro atoms. The maximum Gasteiger partial charge on any atom is 0.346 e. The van der Waals surface area contributed by atoms with Crippen molar-refractivity contribution < 1.29 is 23.5 Å². The summed E-state index contributed by atoms with van der Waals surface area (Å²) in [6.45, 7) is 2.70. The van der Waals surface area contributed by atoms with Crippen molar-refractivity contribution in [1.29, 1.82) is 0 Å². The smallest absolute Gasteiger partial charge is 0.346 e. The first kappa shape index (κ1) is 19.6. The Hall–Kier alpha value is -3.20. The number of thioether (sulfide) groups is 1. The zero-order valence-electron chi connectivity index (χ0n) is 15.0. The highest BCUT2D eigenvalue weighted by atomic mass is 32.2. The van der Waals surface area contributed by atoms with Crippen molar-refractivity contribution in [2.45, 2.75) is 19.2 Å². The van der Waals surface area contributed by atoms with Gasteiger partial charge in [0.2, 0.25) is 11.8 Å². The minimum absolute atomic E-state index is 0.176. The molecule has 144 valence electrons. The fourth-order valence-corrected chi connectivity index (χ4v) is 3.63. The molecule has 2 aromatic carbocycles. The van der Waals surface area contributed by atoms with Gasteiger partial charge in [-0.25, -0.2) is 14.2 Å². The summed E-state index contributed by atoms with van der Waals surface area (Å²) in [4.78, 5) is 35.4. The average Bonchev–Trinajstić information content (AvgIpc) is 3.05. The Kier molecular flexibility index (Phi) is 5.74. The van der Waals surface area contributed by atoms with Gasteiger partial charge in [-0.3, -0.25) is 9.59 Å². The number of esters is 1. The van der Waals surface area contributed by atoms with E-state index in [0.29, 0.717) is 10.7 Å². The van der Waals surface area contributed by atoms with Crippen molar-refractivity contribution in [2.75, 3.05) is 0 Å². The van der Waals surface area contributed by atoms with Gasteiger partial charge in [0.1, 0.15) is 16.9 Å². The normalized spacial score (nSPS) is 15.8. The van der Waals surface area contributed by atoms with E-state index in [1.807, 2.05) is 0 Å². The fraction of sp³-hybridized carbons (Fsp3) is 0.158. The topological polar surface area (TPSA) is 88.1 Å². The minimum atomic E-state index is -0.826. The molecule has 1 aliphatic rings. The molecule has 9 heteroatoms. The number of nitrogens with one attached hydrogen (secondary N) is 1. The predicted molar refractivity (Wildman–Crippen MR) is 102 cm³/mol. The quantitative estimate of drug-likeness (QED) is 0.631. The van der Waals surface area contributed by atoms with Gasteiger partial charge in [-0.05, 0) is 29.8 Å². The first-order valence-electron chi connectivity index (χ1n) is 8.24. The third kappa shape index (κ3) is 4.37. The Morgan fingerprint density at radius 2 is 1.89 bits per heavy atom. The first-order valence-corrected chi connectivity index (χ1v) is 9.12. The number of carbonyl (C=O) groups excluding carboxylic acids is 3. The molecular weight excluding hydrogens is 385 g/mol. The lowest BCUT2D eigenvalue weighted by Gasteiger charge is -2.19. The maximum atomic E-state index is 13.8. The van der Waals surface area contributed by atoms with Crippen LogP contribution >= 0.6 is 11.8 Å². The minimum Gasteiger partial charge on any atom is -0.423 e. The fourth-order valence-electron chi connectivity index (χ4n) is 2.50. The third-order valence-electron chi connectivity index (χ3n) is 3.70. The largest absolute Gasteiger partial charge is 0.423 e. The van der Waals surface area contributed by atoms with Crippen LogP contribution in [0.3, 0.4) is 0 Å². The number of amidine groups is 1. The molecule has 0 aromatic heterocycles.